The number of hydrogen-bond acceptors (Lipinski definition) is 8. The number of methoxy groups -OCH3 is 1. The van der Waals surface area contributed by atoms with E-state index in [2.05, 4.69) is 5.32 Å². The van der Waals surface area contributed by atoms with E-state index in [1.54, 1.807) is 53.5 Å². The van der Waals surface area contributed by atoms with Gasteiger partial charge in [0, 0.05) is 43.9 Å². The molecule has 1 spiro atoms. The van der Waals surface area contributed by atoms with E-state index in [1.165, 1.54) is 12.0 Å². The summed E-state index contributed by atoms with van der Waals surface area (Å²) in [5.74, 6) is -3.75. The summed E-state index contributed by atoms with van der Waals surface area (Å²) in [6.45, 7) is 0.344. The van der Waals surface area contributed by atoms with Crippen molar-refractivity contribution in [1.29, 1.82) is 0 Å². The third kappa shape index (κ3) is 6.39. The van der Waals surface area contributed by atoms with Crippen LogP contribution in [0, 0.1) is 11.8 Å². The lowest BCUT2D eigenvalue weighted by Gasteiger charge is -2.36. The lowest BCUT2D eigenvalue weighted by atomic mass is 9.74. The average molecular weight is 678 g/mol. The van der Waals surface area contributed by atoms with Crippen molar-refractivity contribution < 1.29 is 38.5 Å². The van der Waals surface area contributed by atoms with Gasteiger partial charge < -0.3 is 34.4 Å². The summed E-state index contributed by atoms with van der Waals surface area (Å²) in [4.78, 5) is 59.7. The third-order valence-corrected chi connectivity index (χ3v) is 9.77. The van der Waals surface area contributed by atoms with Crippen molar-refractivity contribution in [3.63, 3.8) is 0 Å². The van der Waals surface area contributed by atoms with Crippen LogP contribution >= 0.6 is 11.6 Å². The highest BCUT2D eigenvalue weighted by Gasteiger charge is 2.73. The number of carbonyl (C=O) groups excluding carboxylic acids is 4. The number of aliphatic hydroxyl groups excluding tert-OH is 1. The minimum Gasteiger partial charge on any atom is -0.455 e. The molecular formula is C36H40ClN3O8. The molecule has 3 amide bonds. The number of ether oxygens (including phenoxy) is 3. The van der Waals surface area contributed by atoms with Crippen LogP contribution in [-0.4, -0.2) is 90.9 Å². The molecule has 0 radical (unpaired) electrons. The molecule has 254 valence electrons. The first-order valence-corrected chi connectivity index (χ1v) is 16.7. The van der Waals surface area contributed by atoms with Gasteiger partial charge in [-0.15, -0.1) is 0 Å². The Morgan fingerprint density at radius 1 is 1.02 bits per heavy atom. The minimum atomic E-state index is -1.41. The van der Waals surface area contributed by atoms with Crippen molar-refractivity contribution in [2.75, 3.05) is 38.3 Å². The number of fused-ring (bicyclic) bond motifs is 2. The number of benzene rings is 2. The second-order valence-electron chi connectivity index (χ2n) is 12.5. The van der Waals surface area contributed by atoms with Crippen molar-refractivity contribution >= 4 is 41.0 Å². The summed E-state index contributed by atoms with van der Waals surface area (Å²) in [5, 5.41) is 13.0. The number of likely N-dealkylation sites (tertiary alicyclic amines) is 1. The van der Waals surface area contributed by atoms with Crippen molar-refractivity contribution in [1.82, 2.24) is 10.2 Å². The molecule has 6 rings (SSSR count). The SMILES string of the molecule is COC[C@H]1NC(=O)CC/C=C\CN(c2ccc(Cl)cc2)C(=O)[C@@H]2N(CCCCO)C(=O)[C@H]3[C@H](C(=O)O[C@@H]1c1ccccc1)[C@@H]1C=C[C@]23O1. The summed E-state index contributed by atoms with van der Waals surface area (Å²) in [6.07, 6.45) is 6.85. The Bertz CT molecular complexity index is 1570. The summed E-state index contributed by atoms with van der Waals surface area (Å²) in [5.41, 5.74) is -0.199. The quantitative estimate of drug-likeness (QED) is 0.247. The lowest BCUT2D eigenvalue weighted by molar-refractivity contribution is -0.162. The van der Waals surface area contributed by atoms with E-state index < -0.39 is 47.7 Å². The summed E-state index contributed by atoms with van der Waals surface area (Å²) in [6, 6.07) is 14.1. The highest BCUT2D eigenvalue weighted by Crippen LogP contribution is 2.56. The van der Waals surface area contributed by atoms with Crippen LogP contribution in [0.5, 0.6) is 0 Å². The molecule has 4 aliphatic heterocycles. The van der Waals surface area contributed by atoms with Gasteiger partial charge in [0.15, 0.2) is 0 Å². The first-order valence-electron chi connectivity index (χ1n) is 16.3. The number of unbranched alkanes of at least 4 members (excludes halogenated alkanes) is 1. The predicted octanol–water partition coefficient (Wildman–Crippen LogP) is 3.36. The predicted molar refractivity (Wildman–Crippen MR) is 177 cm³/mol. The zero-order valence-corrected chi connectivity index (χ0v) is 27.5. The molecule has 0 aliphatic carbocycles. The maximum absolute atomic E-state index is 14.8. The minimum absolute atomic E-state index is 0.0651. The zero-order chi connectivity index (χ0) is 33.8. The monoisotopic (exact) mass is 677 g/mol. The number of halogens is 1. The molecule has 0 aromatic heterocycles. The molecule has 12 heteroatoms. The molecule has 48 heavy (non-hydrogen) atoms. The summed E-state index contributed by atoms with van der Waals surface area (Å²) >= 11 is 6.18. The lowest BCUT2D eigenvalue weighted by Crippen LogP contribution is -2.56. The number of carbonyl (C=O) groups is 4. The molecule has 2 aromatic rings. The van der Waals surface area contributed by atoms with Crippen molar-refractivity contribution in [3.05, 3.63) is 89.5 Å². The molecule has 0 unspecified atom stereocenters. The fourth-order valence-electron chi connectivity index (χ4n) is 7.35. The van der Waals surface area contributed by atoms with Gasteiger partial charge in [0.1, 0.15) is 23.7 Å². The first kappa shape index (κ1) is 33.9. The second kappa shape index (κ2) is 14.6. The molecule has 11 nitrogen and oxygen atoms in total. The second-order valence-corrected chi connectivity index (χ2v) is 12.9. The smallest absolute Gasteiger partial charge is 0.313 e. The van der Waals surface area contributed by atoms with Crippen LogP contribution < -0.4 is 10.2 Å². The van der Waals surface area contributed by atoms with Crippen molar-refractivity contribution in [2.24, 2.45) is 11.8 Å². The van der Waals surface area contributed by atoms with E-state index in [0.29, 0.717) is 35.5 Å². The van der Waals surface area contributed by atoms with Crippen LogP contribution in [0.3, 0.4) is 0 Å². The topological polar surface area (TPSA) is 135 Å². The number of rotatable bonds is 8. The number of cyclic esters (lactones) is 1. The van der Waals surface area contributed by atoms with Crippen LogP contribution in [0.4, 0.5) is 5.69 Å². The highest BCUT2D eigenvalue weighted by molar-refractivity contribution is 6.30. The Morgan fingerprint density at radius 3 is 2.52 bits per heavy atom. The van der Waals surface area contributed by atoms with Gasteiger partial charge in [-0.1, -0.05) is 66.2 Å². The van der Waals surface area contributed by atoms with Gasteiger partial charge in [-0.05, 0) is 49.1 Å². The molecule has 2 aromatic carbocycles. The van der Waals surface area contributed by atoms with Gasteiger partial charge in [-0.2, -0.15) is 0 Å². The highest BCUT2D eigenvalue weighted by atomic mass is 35.5. The van der Waals surface area contributed by atoms with Gasteiger partial charge in [0.05, 0.1) is 24.7 Å². The van der Waals surface area contributed by atoms with E-state index in [1.807, 2.05) is 30.4 Å². The van der Waals surface area contributed by atoms with Crippen LogP contribution in [-0.2, 0) is 33.4 Å². The third-order valence-electron chi connectivity index (χ3n) is 9.51. The maximum atomic E-state index is 14.8. The molecule has 2 saturated heterocycles. The van der Waals surface area contributed by atoms with Gasteiger partial charge in [-0.25, -0.2) is 0 Å². The van der Waals surface area contributed by atoms with Crippen LogP contribution in [0.2, 0.25) is 5.02 Å². The Morgan fingerprint density at radius 2 is 1.79 bits per heavy atom. The van der Waals surface area contributed by atoms with E-state index >= 15 is 0 Å². The largest absolute Gasteiger partial charge is 0.455 e. The van der Waals surface area contributed by atoms with Crippen molar-refractivity contribution in [3.8, 4) is 0 Å². The number of nitrogens with one attached hydrogen (secondary N) is 1. The molecule has 2 N–H and O–H groups in total. The normalized spacial score (nSPS) is 31.1. The molecule has 4 aliphatic rings. The van der Waals surface area contributed by atoms with E-state index in [0.717, 1.165) is 0 Å². The molecule has 0 saturated carbocycles. The fourth-order valence-corrected chi connectivity index (χ4v) is 7.47. The van der Waals surface area contributed by atoms with Gasteiger partial charge in [-0.3, -0.25) is 19.2 Å². The van der Waals surface area contributed by atoms with E-state index in [4.69, 9.17) is 25.8 Å². The van der Waals surface area contributed by atoms with Crippen LogP contribution in [0.25, 0.3) is 0 Å². The standard InChI is InChI=1S/C36H40ClN3O8/c1-46-22-26-31(23-10-4-2-5-11-23)47-35(45)29-27-17-18-36(48-27)30(29)33(43)40(20-8-9-21-41)32(36)34(44)39(25-15-13-24(37)14-16-25)19-7-3-6-12-28(42)38-26/h2-5,7,10-11,13-18,26-27,29-32,41H,6,8-9,12,19-22H2,1H3,(H,38,42)/b7-3-/t26-,27+,29-,30-,31-,32+,36-/m1/s1. The molecular weight excluding hydrogens is 638 g/mol. The number of esters is 1. The van der Waals surface area contributed by atoms with E-state index in [-0.39, 0.29) is 50.4 Å². The van der Waals surface area contributed by atoms with Crippen LogP contribution in [0.1, 0.15) is 37.4 Å². The maximum Gasteiger partial charge on any atom is 0.313 e. The summed E-state index contributed by atoms with van der Waals surface area (Å²) in [7, 11) is 1.51. The molecule has 4 heterocycles. The Kier molecular flexibility index (Phi) is 10.3. The Labute approximate surface area is 284 Å². The Hall–Kier alpha value is -4.03. The number of nitrogens with zero attached hydrogens (tertiary/aromatic N) is 2. The van der Waals surface area contributed by atoms with E-state index in [9.17, 15) is 24.3 Å². The van der Waals surface area contributed by atoms with Crippen LogP contribution in [0.15, 0.2) is 78.9 Å². The first-order chi connectivity index (χ1) is 23.3. The number of anilines is 1. The van der Waals surface area contributed by atoms with Crippen molar-refractivity contribution in [2.45, 2.75) is 55.6 Å². The number of hydrogen-bond donors (Lipinski definition) is 2. The molecule has 5 bridgehead atoms. The number of amides is 3. The zero-order valence-electron chi connectivity index (χ0n) is 26.7. The summed E-state index contributed by atoms with van der Waals surface area (Å²) < 4.78 is 18.2. The fraction of sp³-hybridized carbons (Fsp3) is 0.444. The van der Waals surface area contributed by atoms with Gasteiger partial charge >= 0.3 is 5.97 Å². The van der Waals surface area contributed by atoms with Gasteiger partial charge in [0.2, 0.25) is 11.8 Å². The number of allylic oxidation sites excluding steroid dienone is 1. The Balaban J connectivity index is 1.44. The van der Waals surface area contributed by atoms with Gasteiger partial charge in [0.25, 0.3) is 5.91 Å². The molecule has 7 atom stereocenters. The molecule has 2 fully saturated rings. The number of aliphatic hydroxyl groups is 1. The average Bonchev–Trinajstić information content (AvgIpc) is 3.73.